The highest BCUT2D eigenvalue weighted by Gasteiger charge is 2.20. The number of nitro benzene ring substituents is 1. The van der Waals surface area contributed by atoms with Gasteiger partial charge in [0.05, 0.1) is 15.6 Å². The van der Waals surface area contributed by atoms with E-state index in [4.69, 9.17) is 16.3 Å². The first-order valence-corrected chi connectivity index (χ1v) is 9.22. The van der Waals surface area contributed by atoms with Gasteiger partial charge in [0.15, 0.2) is 6.10 Å². The highest BCUT2D eigenvalue weighted by Crippen LogP contribution is 2.26. The number of ether oxygens (including phenoxy) is 2. The van der Waals surface area contributed by atoms with Crippen LogP contribution in [-0.4, -0.2) is 42.0 Å². The van der Waals surface area contributed by atoms with Crippen molar-refractivity contribution in [2.24, 2.45) is 0 Å². The Hall–Kier alpha value is -3.80. The van der Waals surface area contributed by atoms with Crippen molar-refractivity contribution in [2.45, 2.75) is 19.6 Å². The minimum absolute atomic E-state index is 0.0328. The Morgan fingerprint density at radius 3 is 2.53 bits per heavy atom. The third kappa shape index (κ3) is 7.16. The lowest BCUT2D eigenvalue weighted by Crippen LogP contribution is -2.35. The SMILES string of the molecule is CC(OC(=O)CNC(=O)c1cccc(OC(F)F)c1)C(=O)Nc1ccc([N+](=O)[O-])cc1Cl. The van der Waals surface area contributed by atoms with E-state index in [2.05, 4.69) is 15.4 Å². The van der Waals surface area contributed by atoms with Crippen LogP contribution in [0.5, 0.6) is 5.75 Å². The number of carbonyl (C=O) groups excluding carboxylic acids is 3. The van der Waals surface area contributed by atoms with Crippen molar-refractivity contribution in [1.82, 2.24) is 5.32 Å². The first kappa shape index (κ1) is 24.5. The third-order valence-corrected chi connectivity index (χ3v) is 4.13. The Morgan fingerprint density at radius 1 is 1.19 bits per heavy atom. The number of nitrogens with zero attached hydrogens (tertiary/aromatic N) is 1. The maximum Gasteiger partial charge on any atom is 0.387 e. The van der Waals surface area contributed by atoms with Crippen LogP contribution >= 0.6 is 11.6 Å². The molecule has 2 N–H and O–H groups in total. The molecule has 0 bridgehead atoms. The van der Waals surface area contributed by atoms with E-state index in [0.717, 1.165) is 18.2 Å². The van der Waals surface area contributed by atoms with E-state index in [0.29, 0.717) is 0 Å². The molecule has 13 heteroatoms. The van der Waals surface area contributed by atoms with Crippen molar-refractivity contribution in [3.8, 4) is 5.75 Å². The fourth-order valence-electron chi connectivity index (χ4n) is 2.31. The molecule has 170 valence electrons. The molecule has 0 aliphatic rings. The summed E-state index contributed by atoms with van der Waals surface area (Å²) in [4.78, 5) is 46.2. The molecule has 2 amide bonds. The predicted octanol–water partition coefficient (Wildman–Crippen LogP) is 3.15. The number of anilines is 1. The number of rotatable bonds is 9. The minimum Gasteiger partial charge on any atom is -0.451 e. The van der Waals surface area contributed by atoms with Gasteiger partial charge in [-0.2, -0.15) is 8.78 Å². The smallest absolute Gasteiger partial charge is 0.387 e. The second-order valence-corrected chi connectivity index (χ2v) is 6.54. The van der Waals surface area contributed by atoms with Crippen LogP contribution in [0.3, 0.4) is 0 Å². The van der Waals surface area contributed by atoms with Crippen LogP contribution in [0.25, 0.3) is 0 Å². The van der Waals surface area contributed by atoms with E-state index >= 15 is 0 Å². The summed E-state index contributed by atoms with van der Waals surface area (Å²) in [5.74, 6) is -2.70. The van der Waals surface area contributed by atoms with E-state index < -0.39 is 42.0 Å². The summed E-state index contributed by atoms with van der Waals surface area (Å²) in [6.45, 7) is -2.40. The fourth-order valence-corrected chi connectivity index (χ4v) is 2.54. The number of carbonyl (C=O) groups is 3. The van der Waals surface area contributed by atoms with Gasteiger partial charge in [-0.25, -0.2) is 0 Å². The number of hydrogen-bond donors (Lipinski definition) is 2. The Kier molecular flexibility index (Phi) is 8.41. The zero-order valence-corrected chi connectivity index (χ0v) is 17.1. The number of non-ortho nitro benzene ring substituents is 1. The van der Waals surface area contributed by atoms with Crippen LogP contribution < -0.4 is 15.4 Å². The second kappa shape index (κ2) is 11.0. The summed E-state index contributed by atoms with van der Waals surface area (Å²) in [5.41, 5.74) is -0.228. The molecule has 0 saturated carbocycles. The molecule has 2 aromatic rings. The van der Waals surface area contributed by atoms with Gasteiger partial charge in [0.2, 0.25) is 0 Å². The lowest BCUT2D eigenvalue weighted by atomic mass is 10.2. The van der Waals surface area contributed by atoms with Gasteiger partial charge >= 0.3 is 12.6 Å². The van der Waals surface area contributed by atoms with Gasteiger partial charge in [-0.1, -0.05) is 17.7 Å². The van der Waals surface area contributed by atoms with Gasteiger partial charge in [0, 0.05) is 17.7 Å². The van der Waals surface area contributed by atoms with E-state index in [1.807, 2.05) is 0 Å². The number of benzene rings is 2. The van der Waals surface area contributed by atoms with Gasteiger partial charge in [0.1, 0.15) is 12.3 Å². The number of nitro groups is 1. The molecule has 0 aromatic heterocycles. The van der Waals surface area contributed by atoms with E-state index in [9.17, 15) is 33.3 Å². The number of hydrogen-bond acceptors (Lipinski definition) is 7. The van der Waals surface area contributed by atoms with Gasteiger partial charge in [0.25, 0.3) is 17.5 Å². The van der Waals surface area contributed by atoms with Crippen molar-refractivity contribution in [2.75, 3.05) is 11.9 Å². The zero-order valence-electron chi connectivity index (χ0n) is 16.3. The van der Waals surface area contributed by atoms with Crippen LogP contribution in [-0.2, 0) is 14.3 Å². The maximum absolute atomic E-state index is 12.3. The molecule has 10 nitrogen and oxygen atoms in total. The first-order chi connectivity index (χ1) is 15.1. The minimum atomic E-state index is -3.06. The largest absolute Gasteiger partial charge is 0.451 e. The van der Waals surface area contributed by atoms with Gasteiger partial charge < -0.3 is 20.1 Å². The molecule has 0 aliphatic heterocycles. The van der Waals surface area contributed by atoms with Crippen LogP contribution in [0, 0.1) is 10.1 Å². The molecule has 1 atom stereocenters. The monoisotopic (exact) mass is 471 g/mol. The van der Waals surface area contributed by atoms with Crippen molar-refractivity contribution in [1.29, 1.82) is 0 Å². The molecule has 0 radical (unpaired) electrons. The lowest BCUT2D eigenvalue weighted by Gasteiger charge is -2.14. The van der Waals surface area contributed by atoms with Crippen molar-refractivity contribution < 1.29 is 37.6 Å². The molecule has 2 aromatic carbocycles. The van der Waals surface area contributed by atoms with Crippen LogP contribution in [0.2, 0.25) is 5.02 Å². The Bertz CT molecular complexity index is 1040. The first-order valence-electron chi connectivity index (χ1n) is 8.84. The molecular formula is C19H16ClF2N3O7. The molecule has 2 rings (SSSR count). The number of nitrogens with one attached hydrogen (secondary N) is 2. The highest BCUT2D eigenvalue weighted by atomic mass is 35.5. The highest BCUT2D eigenvalue weighted by molar-refractivity contribution is 6.34. The van der Waals surface area contributed by atoms with Gasteiger partial charge in [-0.05, 0) is 31.2 Å². The maximum atomic E-state index is 12.3. The summed E-state index contributed by atoms with van der Waals surface area (Å²) in [7, 11) is 0. The normalized spacial score (nSPS) is 11.4. The fraction of sp³-hybridized carbons (Fsp3) is 0.211. The molecule has 0 fully saturated rings. The number of esters is 1. The van der Waals surface area contributed by atoms with Crippen molar-refractivity contribution in [3.63, 3.8) is 0 Å². The second-order valence-electron chi connectivity index (χ2n) is 6.13. The standard InChI is InChI=1S/C19H16ClF2N3O7/c1-10(17(27)24-15-6-5-12(25(29)30)8-14(15)20)31-16(26)9-23-18(28)11-3-2-4-13(7-11)32-19(21)22/h2-8,10,19H,9H2,1H3,(H,23,28)(H,24,27). The molecule has 0 saturated heterocycles. The predicted molar refractivity (Wildman–Crippen MR) is 108 cm³/mol. The van der Waals surface area contributed by atoms with Crippen LogP contribution in [0.4, 0.5) is 20.2 Å². The lowest BCUT2D eigenvalue weighted by molar-refractivity contribution is -0.384. The number of amides is 2. The Balaban J connectivity index is 1.86. The molecular weight excluding hydrogens is 456 g/mol. The third-order valence-electron chi connectivity index (χ3n) is 3.81. The average molecular weight is 472 g/mol. The van der Waals surface area contributed by atoms with Crippen LogP contribution in [0.15, 0.2) is 42.5 Å². The van der Waals surface area contributed by atoms with E-state index in [1.165, 1.54) is 31.2 Å². The molecule has 0 spiro atoms. The van der Waals surface area contributed by atoms with E-state index in [1.54, 1.807) is 0 Å². The van der Waals surface area contributed by atoms with Crippen molar-refractivity contribution >= 4 is 40.8 Å². The average Bonchev–Trinajstić information content (AvgIpc) is 2.72. The van der Waals surface area contributed by atoms with Crippen molar-refractivity contribution in [3.05, 3.63) is 63.2 Å². The summed E-state index contributed by atoms with van der Waals surface area (Å²) >= 11 is 5.88. The topological polar surface area (TPSA) is 137 Å². The molecule has 1 unspecified atom stereocenters. The van der Waals surface area contributed by atoms with Crippen LogP contribution in [0.1, 0.15) is 17.3 Å². The number of halogens is 3. The van der Waals surface area contributed by atoms with E-state index in [-0.39, 0.29) is 27.7 Å². The molecule has 32 heavy (non-hydrogen) atoms. The summed E-state index contributed by atoms with van der Waals surface area (Å²) < 4.78 is 33.6. The quantitative estimate of drug-likeness (QED) is 0.325. The number of alkyl halides is 2. The zero-order chi connectivity index (χ0) is 23.8. The van der Waals surface area contributed by atoms with Gasteiger partial charge in [-0.15, -0.1) is 0 Å². The molecule has 0 aliphatic carbocycles. The Labute approximate surface area is 184 Å². The van der Waals surface area contributed by atoms with Gasteiger partial charge in [-0.3, -0.25) is 24.5 Å². The summed E-state index contributed by atoms with van der Waals surface area (Å²) in [6, 6.07) is 8.34. The Morgan fingerprint density at radius 2 is 1.91 bits per heavy atom. The summed E-state index contributed by atoms with van der Waals surface area (Å²) in [6.07, 6.45) is -1.28. The summed E-state index contributed by atoms with van der Waals surface area (Å²) in [5, 5.41) is 15.2. The molecule has 0 heterocycles.